The van der Waals surface area contributed by atoms with Crippen LogP contribution in [0.4, 0.5) is 16.4 Å². The van der Waals surface area contributed by atoms with E-state index in [2.05, 4.69) is 24.3 Å². The molecular formula is C35H47N7O5. The standard InChI is InChI=1S/C35H47N7O5/c1-24(2)36-18-21-44-28-15-12-25(13-16-28)32-38-33(39-42(32)31-11-7-9-20-46-31)40(34(43)47-35(3,4)5)27-14-17-29-26(22-27)23-37-41(29)30-10-6-8-19-45-30/h12-17,22-24,30-31,36H,6-11,18-21H2,1-5H3. The van der Waals surface area contributed by atoms with Gasteiger partial charge in [0.15, 0.2) is 18.3 Å². The number of anilines is 2. The molecule has 2 aliphatic rings. The van der Waals surface area contributed by atoms with E-state index in [9.17, 15) is 4.79 Å². The first-order valence-electron chi connectivity index (χ1n) is 16.8. The minimum Gasteiger partial charge on any atom is -0.492 e. The highest BCUT2D eigenvalue weighted by Gasteiger charge is 2.32. The smallest absolute Gasteiger partial charge is 0.421 e. The van der Waals surface area contributed by atoms with Crippen LogP contribution in [0.15, 0.2) is 48.7 Å². The molecule has 252 valence electrons. The average Bonchev–Trinajstić information content (AvgIpc) is 3.68. The molecule has 2 fully saturated rings. The Morgan fingerprint density at radius 1 is 1.00 bits per heavy atom. The number of aromatic nitrogens is 5. The van der Waals surface area contributed by atoms with Crippen LogP contribution < -0.4 is 15.0 Å². The lowest BCUT2D eigenvalue weighted by atomic mass is 10.1. The maximum Gasteiger partial charge on any atom is 0.421 e. The zero-order valence-corrected chi connectivity index (χ0v) is 28.1. The number of carbonyl (C=O) groups is 1. The third-order valence-corrected chi connectivity index (χ3v) is 8.13. The van der Waals surface area contributed by atoms with Crippen LogP contribution in [-0.4, -0.2) is 68.6 Å². The third-order valence-electron chi connectivity index (χ3n) is 8.13. The highest BCUT2D eigenvalue weighted by molar-refractivity contribution is 5.97. The van der Waals surface area contributed by atoms with Crippen LogP contribution in [0.1, 0.15) is 85.6 Å². The highest BCUT2D eigenvalue weighted by Crippen LogP contribution is 2.35. The average molecular weight is 646 g/mol. The van der Waals surface area contributed by atoms with E-state index in [1.54, 1.807) is 10.9 Å². The molecule has 2 aromatic heterocycles. The number of carbonyl (C=O) groups excluding carboxylic acids is 1. The van der Waals surface area contributed by atoms with Gasteiger partial charge in [-0.25, -0.2) is 19.1 Å². The molecule has 1 amide bonds. The zero-order chi connectivity index (χ0) is 33.0. The Kier molecular flexibility index (Phi) is 10.1. The lowest BCUT2D eigenvalue weighted by molar-refractivity contribution is -0.0384. The summed E-state index contributed by atoms with van der Waals surface area (Å²) in [7, 11) is 0. The molecule has 0 spiro atoms. The van der Waals surface area contributed by atoms with Crippen molar-refractivity contribution in [2.75, 3.05) is 31.3 Å². The first-order chi connectivity index (χ1) is 22.7. The van der Waals surface area contributed by atoms with Crippen LogP contribution in [0.25, 0.3) is 22.3 Å². The molecule has 12 heteroatoms. The minimum absolute atomic E-state index is 0.0991. The second kappa shape index (κ2) is 14.4. The number of ether oxygens (including phenoxy) is 4. The summed E-state index contributed by atoms with van der Waals surface area (Å²) in [6.07, 6.45) is 6.70. The number of amides is 1. The predicted octanol–water partition coefficient (Wildman–Crippen LogP) is 7.14. The van der Waals surface area contributed by atoms with Crippen LogP contribution >= 0.6 is 0 Å². The Bertz CT molecular complexity index is 1630. The molecule has 47 heavy (non-hydrogen) atoms. The number of fused-ring (bicyclic) bond motifs is 1. The predicted molar refractivity (Wildman–Crippen MR) is 180 cm³/mol. The molecule has 1 N–H and O–H groups in total. The number of hydrogen-bond donors (Lipinski definition) is 1. The first-order valence-corrected chi connectivity index (χ1v) is 16.8. The molecule has 0 bridgehead atoms. The fourth-order valence-electron chi connectivity index (χ4n) is 5.87. The first kappa shape index (κ1) is 32.9. The van der Waals surface area contributed by atoms with Crippen LogP contribution in [-0.2, 0) is 14.2 Å². The summed E-state index contributed by atoms with van der Waals surface area (Å²) in [5, 5.41) is 13.8. The molecule has 2 saturated heterocycles. The Labute approximate surface area is 276 Å². The topological polar surface area (TPSA) is 118 Å². The quantitative estimate of drug-likeness (QED) is 0.180. The van der Waals surface area contributed by atoms with Crippen molar-refractivity contribution in [3.63, 3.8) is 0 Å². The molecule has 2 aromatic carbocycles. The van der Waals surface area contributed by atoms with Gasteiger partial charge in [0.1, 0.15) is 18.0 Å². The van der Waals surface area contributed by atoms with E-state index in [0.29, 0.717) is 30.8 Å². The Hall–Kier alpha value is -4.00. The van der Waals surface area contributed by atoms with Gasteiger partial charge in [0.05, 0.1) is 17.4 Å². The van der Waals surface area contributed by atoms with Crippen molar-refractivity contribution < 1.29 is 23.7 Å². The van der Waals surface area contributed by atoms with E-state index in [1.165, 1.54) is 4.90 Å². The van der Waals surface area contributed by atoms with Gasteiger partial charge in [-0.1, -0.05) is 13.8 Å². The summed E-state index contributed by atoms with van der Waals surface area (Å²) in [5.74, 6) is 1.56. The van der Waals surface area contributed by atoms with Crippen LogP contribution in [0.3, 0.4) is 0 Å². The number of nitrogens with zero attached hydrogens (tertiary/aromatic N) is 6. The fraction of sp³-hybridized carbons (Fsp3) is 0.543. The lowest BCUT2D eigenvalue weighted by Crippen LogP contribution is -2.34. The normalized spacial score (nSPS) is 18.9. The summed E-state index contributed by atoms with van der Waals surface area (Å²) in [6, 6.07) is 13.9. The van der Waals surface area contributed by atoms with Gasteiger partial charge in [0.2, 0.25) is 0 Å². The lowest BCUT2D eigenvalue weighted by Gasteiger charge is -2.26. The van der Waals surface area contributed by atoms with Gasteiger partial charge in [-0.2, -0.15) is 10.1 Å². The zero-order valence-electron chi connectivity index (χ0n) is 28.1. The van der Waals surface area contributed by atoms with Crippen LogP contribution in [0, 0.1) is 0 Å². The van der Waals surface area contributed by atoms with E-state index in [1.807, 2.05) is 67.9 Å². The Balaban J connectivity index is 1.36. The summed E-state index contributed by atoms with van der Waals surface area (Å²) in [6.45, 7) is 12.4. The van der Waals surface area contributed by atoms with Gasteiger partial charge >= 0.3 is 6.09 Å². The second-order valence-corrected chi connectivity index (χ2v) is 13.5. The molecule has 0 radical (unpaired) electrons. The minimum atomic E-state index is -0.735. The molecule has 6 rings (SSSR count). The van der Waals surface area contributed by atoms with Crippen molar-refractivity contribution in [2.45, 2.75) is 97.2 Å². The van der Waals surface area contributed by atoms with Crippen molar-refractivity contribution in [1.29, 1.82) is 0 Å². The van der Waals surface area contributed by atoms with E-state index in [-0.39, 0.29) is 18.4 Å². The van der Waals surface area contributed by atoms with E-state index in [4.69, 9.17) is 29.0 Å². The molecule has 4 aromatic rings. The van der Waals surface area contributed by atoms with Crippen molar-refractivity contribution in [2.24, 2.45) is 0 Å². The summed E-state index contributed by atoms with van der Waals surface area (Å²) >= 11 is 0. The molecule has 2 unspecified atom stereocenters. The Morgan fingerprint density at radius 3 is 2.34 bits per heavy atom. The monoisotopic (exact) mass is 645 g/mol. The largest absolute Gasteiger partial charge is 0.492 e. The van der Waals surface area contributed by atoms with Gasteiger partial charge in [0, 0.05) is 36.8 Å². The van der Waals surface area contributed by atoms with Crippen molar-refractivity contribution >= 4 is 28.6 Å². The van der Waals surface area contributed by atoms with Gasteiger partial charge in [-0.3, -0.25) is 0 Å². The van der Waals surface area contributed by atoms with Gasteiger partial charge in [-0.05, 0) is 102 Å². The maximum atomic E-state index is 13.9. The van der Waals surface area contributed by atoms with Crippen LogP contribution in [0.2, 0.25) is 0 Å². The van der Waals surface area contributed by atoms with Crippen LogP contribution in [0.5, 0.6) is 5.75 Å². The number of rotatable bonds is 10. The SMILES string of the molecule is CC(C)NCCOc1ccc(-c2nc(N(C(=O)OC(C)(C)C)c3ccc4c(cnn4C4CCCCO4)c3)nn2C2CCCCO2)cc1. The number of nitrogens with one attached hydrogen (secondary N) is 1. The fourth-order valence-corrected chi connectivity index (χ4v) is 5.87. The molecule has 4 heterocycles. The second-order valence-electron chi connectivity index (χ2n) is 13.5. The molecule has 12 nitrogen and oxygen atoms in total. The summed E-state index contributed by atoms with van der Waals surface area (Å²) < 4.78 is 27.7. The number of hydrogen-bond acceptors (Lipinski definition) is 9. The Morgan fingerprint density at radius 2 is 1.70 bits per heavy atom. The summed E-state index contributed by atoms with van der Waals surface area (Å²) in [5.41, 5.74) is 1.60. The van der Waals surface area contributed by atoms with Gasteiger partial charge < -0.3 is 24.3 Å². The van der Waals surface area contributed by atoms with Gasteiger partial charge in [-0.15, -0.1) is 5.10 Å². The molecule has 0 aliphatic carbocycles. The molecular weight excluding hydrogens is 598 g/mol. The third kappa shape index (κ3) is 7.94. The number of benzene rings is 2. The maximum absolute atomic E-state index is 13.9. The van der Waals surface area contributed by atoms with Crippen molar-refractivity contribution in [1.82, 2.24) is 29.9 Å². The van der Waals surface area contributed by atoms with E-state index >= 15 is 0 Å². The van der Waals surface area contributed by atoms with E-state index in [0.717, 1.165) is 73.9 Å². The molecule has 2 atom stereocenters. The molecule has 0 saturated carbocycles. The van der Waals surface area contributed by atoms with Crippen molar-refractivity contribution in [3.8, 4) is 17.1 Å². The highest BCUT2D eigenvalue weighted by atomic mass is 16.6. The van der Waals surface area contributed by atoms with E-state index < -0.39 is 11.7 Å². The van der Waals surface area contributed by atoms with Gasteiger partial charge in [0.25, 0.3) is 5.95 Å². The molecule has 2 aliphatic heterocycles. The summed E-state index contributed by atoms with van der Waals surface area (Å²) in [4.78, 5) is 20.3. The van der Waals surface area contributed by atoms with Crippen molar-refractivity contribution in [3.05, 3.63) is 48.7 Å².